The first-order valence-corrected chi connectivity index (χ1v) is 9.23. The fourth-order valence-corrected chi connectivity index (χ4v) is 2.75. The average molecular weight is 401 g/mol. The van der Waals surface area contributed by atoms with E-state index in [-0.39, 0.29) is 17.2 Å². The standard InChI is InChI=1S/C22H27NO6/c1-7-18(29-15-9-8-13(2)14(3)10-15)21(24)23-17-12-20(27-5)19(26-4)11-16(17)22(25)28-6/h8-12,18H,7H2,1-6H3,(H,23,24)/t18-/m1/s1. The van der Waals surface area contributed by atoms with Gasteiger partial charge in [-0.1, -0.05) is 13.0 Å². The van der Waals surface area contributed by atoms with E-state index in [1.54, 1.807) is 0 Å². The number of esters is 1. The molecule has 7 nitrogen and oxygen atoms in total. The van der Waals surface area contributed by atoms with Crippen LogP contribution >= 0.6 is 0 Å². The Hall–Kier alpha value is -3.22. The minimum atomic E-state index is -0.740. The first kappa shape index (κ1) is 22.1. The second kappa shape index (κ2) is 9.82. The number of carbonyl (C=O) groups excluding carboxylic acids is 2. The number of benzene rings is 2. The largest absolute Gasteiger partial charge is 0.493 e. The highest BCUT2D eigenvalue weighted by atomic mass is 16.5. The van der Waals surface area contributed by atoms with E-state index < -0.39 is 12.1 Å². The molecule has 0 spiro atoms. The number of hydrogen-bond donors (Lipinski definition) is 1. The fraction of sp³-hybridized carbons (Fsp3) is 0.364. The highest BCUT2D eigenvalue weighted by Gasteiger charge is 2.23. The molecular weight excluding hydrogens is 374 g/mol. The van der Waals surface area contributed by atoms with Gasteiger partial charge in [0.2, 0.25) is 0 Å². The van der Waals surface area contributed by atoms with E-state index in [4.69, 9.17) is 18.9 Å². The van der Waals surface area contributed by atoms with Crippen LogP contribution in [-0.2, 0) is 9.53 Å². The zero-order valence-corrected chi connectivity index (χ0v) is 17.6. The van der Waals surface area contributed by atoms with Gasteiger partial charge >= 0.3 is 5.97 Å². The number of aryl methyl sites for hydroxylation is 2. The van der Waals surface area contributed by atoms with Gasteiger partial charge in [0, 0.05) is 12.1 Å². The molecule has 0 aliphatic rings. The third kappa shape index (κ3) is 5.19. The summed E-state index contributed by atoms with van der Waals surface area (Å²) in [6, 6.07) is 8.65. The molecule has 2 aromatic carbocycles. The van der Waals surface area contributed by atoms with Crippen molar-refractivity contribution in [1.82, 2.24) is 0 Å². The Labute approximate surface area is 170 Å². The van der Waals surface area contributed by atoms with Gasteiger partial charge in [0.05, 0.1) is 32.6 Å². The van der Waals surface area contributed by atoms with E-state index in [0.29, 0.717) is 23.7 Å². The molecule has 0 unspecified atom stereocenters. The van der Waals surface area contributed by atoms with Gasteiger partial charge in [0.25, 0.3) is 5.91 Å². The predicted molar refractivity (Wildman–Crippen MR) is 110 cm³/mol. The van der Waals surface area contributed by atoms with E-state index in [1.165, 1.54) is 33.5 Å². The summed E-state index contributed by atoms with van der Waals surface area (Å²) in [5.74, 6) is 0.339. The fourth-order valence-electron chi connectivity index (χ4n) is 2.75. The van der Waals surface area contributed by atoms with Gasteiger partial charge in [0.1, 0.15) is 5.75 Å². The molecule has 1 N–H and O–H groups in total. The lowest BCUT2D eigenvalue weighted by Crippen LogP contribution is -2.33. The van der Waals surface area contributed by atoms with Crippen LogP contribution in [0.15, 0.2) is 30.3 Å². The lowest BCUT2D eigenvalue weighted by atomic mass is 10.1. The molecule has 0 bridgehead atoms. The van der Waals surface area contributed by atoms with E-state index in [9.17, 15) is 9.59 Å². The normalized spacial score (nSPS) is 11.4. The van der Waals surface area contributed by atoms with Crippen molar-refractivity contribution in [2.45, 2.75) is 33.3 Å². The first-order valence-electron chi connectivity index (χ1n) is 9.23. The number of anilines is 1. The summed E-state index contributed by atoms with van der Waals surface area (Å²) in [5.41, 5.74) is 2.62. The summed E-state index contributed by atoms with van der Waals surface area (Å²) < 4.78 is 21.2. The van der Waals surface area contributed by atoms with Crippen LogP contribution in [0.4, 0.5) is 5.69 Å². The Bertz CT molecular complexity index is 893. The topological polar surface area (TPSA) is 83.1 Å². The van der Waals surface area contributed by atoms with Crippen LogP contribution in [0.1, 0.15) is 34.8 Å². The molecule has 0 aliphatic carbocycles. The predicted octanol–water partition coefficient (Wildman–Crippen LogP) is 3.90. The minimum Gasteiger partial charge on any atom is -0.493 e. The summed E-state index contributed by atoms with van der Waals surface area (Å²) in [4.78, 5) is 25.0. The molecular formula is C22H27NO6. The summed E-state index contributed by atoms with van der Waals surface area (Å²) in [6.07, 6.45) is -0.296. The van der Waals surface area contributed by atoms with Crippen molar-refractivity contribution in [3.8, 4) is 17.2 Å². The molecule has 0 saturated carbocycles. The molecule has 0 aromatic heterocycles. The van der Waals surface area contributed by atoms with Crippen molar-refractivity contribution in [2.24, 2.45) is 0 Å². The van der Waals surface area contributed by atoms with E-state index >= 15 is 0 Å². The maximum atomic E-state index is 12.9. The molecule has 0 heterocycles. The second-order valence-corrected chi connectivity index (χ2v) is 6.49. The van der Waals surface area contributed by atoms with E-state index in [0.717, 1.165) is 11.1 Å². The zero-order valence-electron chi connectivity index (χ0n) is 17.6. The molecule has 0 aliphatic heterocycles. The maximum absolute atomic E-state index is 12.9. The van der Waals surface area contributed by atoms with Gasteiger partial charge in [-0.25, -0.2) is 4.79 Å². The van der Waals surface area contributed by atoms with Gasteiger partial charge < -0.3 is 24.3 Å². The van der Waals surface area contributed by atoms with Gasteiger partial charge in [0.15, 0.2) is 17.6 Å². The van der Waals surface area contributed by atoms with Gasteiger partial charge in [-0.15, -0.1) is 0 Å². The van der Waals surface area contributed by atoms with Crippen LogP contribution in [0.2, 0.25) is 0 Å². The Balaban J connectivity index is 2.30. The molecule has 156 valence electrons. The second-order valence-electron chi connectivity index (χ2n) is 6.49. The van der Waals surface area contributed by atoms with Crippen molar-refractivity contribution in [2.75, 3.05) is 26.6 Å². The third-order valence-electron chi connectivity index (χ3n) is 4.61. The van der Waals surface area contributed by atoms with E-state index in [1.807, 2.05) is 39.0 Å². The highest BCUT2D eigenvalue weighted by Crippen LogP contribution is 2.34. The molecule has 0 fully saturated rings. The lowest BCUT2D eigenvalue weighted by molar-refractivity contribution is -0.122. The number of rotatable bonds is 8. The summed E-state index contributed by atoms with van der Waals surface area (Å²) in [6.45, 7) is 5.84. The smallest absolute Gasteiger partial charge is 0.340 e. The van der Waals surface area contributed by atoms with Gasteiger partial charge in [-0.3, -0.25) is 4.79 Å². The zero-order chi connectivity index (χ0) is 21.6. The Morgan fingerprint density at radius 1 is 0.966 bits per heavy atom. The number of nitrogens with one attached hydrogen (secondary N) is 1. The molecule has 1 amide bonds. The number of ether oxygens (including phenoxy) is 4. The summed E-state index contributed by atoms with van der Waals surface area (Å²) in [5, 5.41) is 2.75. The number of methoxy groups -OCH3 is 3. The van der Waals surface area contributed by atoms with Crippen LogP contribution < -0.4 is 19.5 Å². The number of hydrogen-bond acceptors (Lipinski definition) is 6. The Kier molecular flexibility index (Phi) is 7.47. The van der Waals surface area contributed by atoms with Crippen molar-refractivity contribution >= 4 is 17.6 Å². The number of amides is 1. The van der Waals surface area contributed by atoms with Crippen molar-refractivity contribution in [3.05, 3.63) is 47.0 Å². The molecule has 29 heavy (non-hydrogen) atoms. The van der Waals surface area contributed by atoms with Crippen molar-refractivity contribution in [1.29, 1.82) is 0 Å². The van der Waals surface area contributed by atoms with Crippen LogP contribution in [0, 0.1) is 13.8 Å². The van der Waals surface area contributed by atoms with Gasteiger partial charge in [-0.05, 0) is 43.5 Å². The quantitative estimate of drug-likeness (QED) is 0.676. The molecule has 7 heteroatoms. The van der Waals surface area contributed by atoms with Crippen molar-refractivity contribution in [3.63, 3.8) is 0 Å². The number of carbonyl (C=O) groups is 2. The Morgan fingerprint density at radius 2 is 1.62 bits per heavy atom. The monoisotopic (exact) mass is 401 g/mol. The Morgan fingerprint density at radius 3 is 2.17 bits per heavy atom. The van der Waals surface area contributed by atoms with E-state index in [2.05, 4.69) is 5.32 Å². The highest BCUT2D eigenvalue weighted by molar-refractivity contribution is 6.03. The van der Waals surface area contributed by atoms with Crippen molar-refractivity contribution < 1.29 is 28.5 Å². The maximum Gasteiger partial charge on any atom is 0.340 e. The SMILES string of the molecule is CC[C@@H](Oc1ccc(C)c(C)c1)C(=O)Nc1cc(OC)c(OC)cc1C(=O)OC. The van der Waals surface area contributed by atoms with Crippen LogP contribution in [0.3, 0.4) is 0 Å². The summed E-state index contributed by atoms with van der Waals surface area (Å²) >= 11 is 0. The third-order valence-corrected chi connectivity index (χ3v) is 4.61. The summed E-state index contributed by atoms with van der Waals surface area (Å²) in [7, 11) is 4.20. The lowest BCUT2D eigenvalue weighted by Gasteiger charge is -2.20. The molecule has 2 aromatic rings. The molecule has 0 radical (unpaired) electrons. The minimum absolute atomic E-state index is 0.152. The first-order chi connectivity index (χ1) is 13.8. The molecule has 2 rings (SSSR count). The van der Waals surface area contributed by atoms with Crippen LogP contribution in [-0.4, -0.2) is 39.3 Å². The molecule has 1 atom stereocenters. The van der Waals surface area contributed by atoms with Crippen LogP contribution in [0.25, 0.3) is 0 Å². The van der Waals surface area contributed by atoms with Crippen LogP contribution in [0.5, 0.6) is 17.2 Å². The molecule has 0 saturated heterocycles. The average Bonchev–Trinajstić information content (AvgIpc) is 2.73. The van der Waals surface area contributed by atoms with Gasteiger partial charge in [-0.2, -0.15) is 0 Å².